The first-order chi connectivity index (χ1) is 8.05. The van der Waals surface area contributed by atoms with Crippen molar-refractivity contribution in [3.8, 4) is 6.07 Å². The van der Waals surface area contributed by atoms with Crippen molar-refractivity contribution in [3.63, 3.8) is 0 Å². The summed E-state index contributed by atoms with van der Waals surface area (Å²) in [6, 6.07) is 6.75. The molecule has 0 amide bonds. The normalized spacial score (nSPS) is 12.4. The van der Waals surface area contributed by atoms with Gasteiger partial charge in [-0.2, -0.15) is 5.26 Å². The topological polar surface area (TPSA) is 53.0 Å². The van der Waals surface area contributed by atoms with E-state index < -0.39 is 0 Å². The SMILES string of the molecule is CCN(Cc1cc(N)cc(F)c1)CC(C)C#N. The molecule has 0 aliphatic carbocycles. The lowest BCUT2D eigenvalue weighted by Crippen LogP contribution is -2.27. The van der Waals surface area contributed by atoms with Crippen molar-refractivity contribution in [2.45, 2.75) is 20.4 Å². The molecule has 1 unspecified atom stereocenters. The Morgan fingerprint density at radius 3 is 2.71 bits per heavy atom. The van der Waals surface area contributed by atoms with Gasteiger partial charge in [0.15, 0.2) is 0 Å². The molecule has 0 radical (unpaired) electrons. The van der Waals surface area contributed by atoms with Crippen molar-refractivity contribution >= 4 is 5.69 Å². The summed E-state index contributed by atoms with van der Waals surface area (Å²) >= 11 is 0. The van der Waals surface area contributed by atoms with Gasteiger partial charge >= 0.3 is 0 Å². The first-order valence-corrected chi connectivity index (χ1v) is 5.72. The minimum absolute atomic E-state index is 0.0270. The van der Waals surface area contributed by atoms with Crippen LogP contribution in [0.4, 0.5) is 10.1 Å². The van der Waals surface area contributed by atoms with Crippen LogP contribution in [0.1, 0.15) is 19.4 Å². The highest BCUT2D eigenvalue weighted by Gasteiger charge is 2.09. The zero-order valence-electron chi connectivity index (χ0n) is 10.3. The minimum Gasteiger partial charge on any atom is -0.399 e. The molecule has 92 valence electrons. The highest BCUT2D eigenvalue weighted by atomic mass is 19.1. The van der Waals surface area contributed by atoms with Crippen molar-refractivity contribution in [3.05, 3.63) is 29.6 Å². The second kappa shape index (κ2) is 6.21. The molecule has 1 rings (SSSR count). The van der Waals surface area contributed by atoms with Gasteiger partial charge in [-0.1, -0.05) is 6.92 Å². The van der Waals surface area contributed by atoms with Crippen molar-refractivity contribution in [1.29, 1.82) is 5.26 Å². The van der Waals surface area contributed by atoms with E-state index in [-0.39, 0.29) is 11.7 Å². The maximum Gasteiger partial charge on any atom is 0.125 e. The third-order valence-electron chi connectivity index (χ3n) is 2.59. The number of nitrogen functional groups attached to an aromatic ring is 1. The average Bonchev–Trinajstić information content (AvgIpc) is 2.26. The first kappa shape index (κ1) is 13.5. The van der Waals surface area contributed by atoms with Crippen molar-refractivity contribution < 1.29 is 4.39 Å². The van der Waals surface area contributed by atoms with Crippen LogP contribution < -0.4 is 5.73 Å². The number of benzene rings is 1. The Balaban J connectivity index is 2.70. The Kier molecular flexibility index (Phi) is 4.92. The summed E-state index contributed by atoms with van der Waals surface area (Å²) in [4.78, 5) is 2.10. The number of halogens is 1. The second-order valence-electron chi connectivity index (χ2n) is 4.25. The van der Waals surface area contributed by atoms with Gasteiger partial charge in [-0.3, -0.25) is 4.90 Å². The summed E-state index contributed by atoms with van der Waals surface area (Å²) in [5.74, 6) is -0.342. The maximum atomic E-state index is 13.2. The van der Waals surface area contributed by atoms with Gasteiger partial charge < -0.3 is 5.73 Å². The second-order valence-corrected chi connectivity index (χ2v) is 4.25. The Morgan fingerprint density at radius 1 is 1.47 bits per heavy atom. The predicted octanol–water partition coefficient (Wildman–Crippen LogP) is 2.39. The van der Waals surface area contributed by atoms with Gasteiger partial charge in [-0.15, -0.1) is 0 Å². The highest BCUT2D eigenvalue weighted by molar-refractivity contribution is 5.41. The summed E-state index contributed by atoms with van der Waals surface area (Å²) in [6.45, 7) is 6.02. The highest BCUT2D eigenvalue weighted by Crippen LogP contribution is 2.13. The fraction of sp³-hybridized carbons (Fsp3) is 0.462. The van der Waals surface area contributed by atoms with Crippen molar-refractivity contribution in [2.24, 2.45) is 5.92 Å². The summed E-state index contributed by atoms with van der Waals surface area (Å²) < 4.78 is 13.2. The molecule has 2 N–H and O–H groups in total. The molecule has 0 bridgehead atoms. The van der Waals surface area contributed by atoms with Crippen LogP contribution in [0.3, 0.4) is 0 Å². The zero-order valence-corrected chi connectivity index (χ0v) is 10.3. The number of nitriles is 1. The molecular formula is C13H18FN3. The standard InChI is InChI=1S/C13H18FN3/c1-3-17(8-10(2)7-15)9-11-4-12(14)6-13(16)5-11/h4-6,10H,3,8-9,16H2,1-2H3. The Bertz CT molecular complexity index is 391. The summed E-state index contributed by atoms with van der Waals surface area (Å²) in [6.07, 6.45) is 0. The Hall–Kier alpha value is -1.60. The zero-order chi connectivity index (χ0) is 12.8. The first-order valence-electron chi connectivity index (χ1n) is 5.72. The fourth-order valence-electron chi connectivity index (χ4n) is 1.76. The molecule has 0 aliphatic heterocycles. The number of rotatable bonds is 5. The number of hydrogen-bond donors (Lipinski definition) is 1. The van der Waals surface area contributed by atoms with Gasteiger partial charge in [-0.25, -0.2) is 4.39 Å². The molecule has 0 saturated carbocycles. The van der Waals surface area contributed by atoms with Gasteiger partial charge in [0.2, 0.25) is 0 Å². The van der Waals surface area contributed by atoms with E-state index in [9.17, 15) is 4.39 Å². The molecule has 0 aromatic heterocycles. The molecule has 0 fully saturated rings. The smallest absolute Gasteiger partial charge is 0.125 e. The molecule has 4 heteroatoms. The molecule has 0 spiro atoms. The van der Waals surface area contributed by atoms with Crippen molar-refractivity contribution in [2.75, 3.05) is 18.8 Å². The van der Waals surface area contributed by atoms with E-state index >= 15 is 0 Å². The van der Waals surface area contributed by atoms with Crippen molar-refractivity contribution in [1.82, 2.24) is 4.90 Å². The van der Waals surface area contributed by atoms with Crippen LogP contribution in [-0.2, 0) is 6.54 Å². The van der Waals surface area contributed by atoms with E-state index in [1.807, 2.05) is 13.8 Å². The van der Waals surface area contributed by atoms with E-state index in [1.54, 1.807) is 6.07 Å². The van der Waals surface area contributed by atoms with Crippen LogP contribution in [-0.4, -0.2) is 18.0 Å². The van der Waals surface area contributed by atoms with Crippen LogP contribution in [0, 0.1) is 23.1 Å². The summed E-state index contributed by atoms with van der Waals surface area (Å²) in [5.41, 5.74) is 6.87. The molecule has 0 aliphatic rings. The summed E-state index contributed by atoms with van der Waals surface area (Å²) in [7, 11) is 0. The largest absolute Gasteiger partial charge is 0.399 e. The molecule has 17 heavy (non-hydrogen) atoms. The molecule has 3 nitrogen and oxygen atoms in total. The minimum atomic E-state index is -0.315. The van der Waals surface area contributed by atoms with Gasteiger partial charge in [0.25, 0.3) is 0 Å². The number of anilines is 1. The lowest BCUT2D eigenvalue weighted by Gasteiger charge is -2.21. The Morgan fingerprint density at radius 2 is 2.18 bits per heavy atom. The van der Waals surface area contributed by atoms with Crippen LogP contribution >= 0.6 is 0 Å². The van der Waals surface area contributed by atoms with Crippen LogP contribution in [0.15, 0.2) is 18.2 Å². The van der Waals surface area contributed by atoms with Gasteiger partial charge in [0.1, 0.15) is 5.82 Å². The summed E-state index contributed by atoms with van der Waals surface area (Å²) in [5, 5.41) is 8.78. The average molecular weight is 235 g/mol. The third-order valence-corrected chi connectivity index (χ3v) is 2.59. The number of nitrogens with zero attached hydrogens (tertiary/aromatic N) is 2. The van der Waals surface area contributed by atoms with E-state index in [4.69, 9.17) is 11.0 Å². The number of hydrogen-bond acceptors (Lipinski definition) is 3. The molecule has 1 aromatic carbocycles. The van der Waals surface area contributed by atoms with E-state index in [0.717, 1.165) is 12.1 Å². The lowest BCUT2D eigenvalue weighted by molar-refractivity contribution is 0.260. The molecule has 0 heterocycles. The van der Waals surface area contributed by atoms with Crippen LogP contribution in [0.2, 0.25) is 0 Å². The lowest BCUT2D eigenvalue weighted by atomic mass is 10.1. The molecule has 0 saturated heterocycles. The molecule has 1 aromatic rings. The van der Waals surface area contributed by atoms with Gasteiger partial charge in [0, 0.05) is 18.8 Å². The monoisotopic (exact) mass is 235 g/mol. The van der Waals surface area contributed by atoms with E-state index in [2.05, 4.69) is 11.0 Å². The predicted molar refractivity (Wildman–Crippen MR) is 66.5 cm³/mol. The molecular weight excluding hydrogens is 217 g/mol. The molecule has 1 atom stereocenters. The third kappa shape index (κ3) is 4.41. The van der Waals surface area contributed by atoms with Crippen LogP contribution in [0.5, 0.6) is 0 Å². The number of nitrogens with two attached hydrogens (primary N) is 1. The van der Waals surface area contributed by atoms with Gasteiger partial charge in [-0.05, 0) is 37.2 Å². The fourth-order valence-corrected chi connectivity index (χ4v) is 1.76. The maximum absolute atomic E-state index is 13.2. The van der Waals surface area contributed by atoms with E-state index in [1.165, 1.54) is 12.1 Å². The quantitative estimate of drug-likeness (QED) is 0.797. The van der Waals surface area contributed by atoms with Crippen LogP contribution in [0.25, 0.3) is 0 Å². The van der Waals surface area contributed by atoms with Gasteiger partial charge in [0.05, 0.1) is 12.0 Å². The van der Waals surface area contributed by atoms with E-state index in [0.29, 0.717) is 18.8 Å². The Labute approximate surface area is 102 Å².